The van der Waals surface area contributed by atoms with Crippen molar-refractivity contribution in [2.75, 3.05) is 0 Å². The van der Waals surface area contributed by atoms with Gasteiger partial charge in [-0.15, -0.1) is 0 Å². The van der Waals surface area contributed by atoms with E-state index in [0.29, 0.717) is 12.8 Å². The van der Waals surface area contributed by atoms with E-state index < -0.39 is 14.3 Å². The molecule has 5 aromatic heterocycles. The molecule has 0 spiro atoms. The summed E-state index contributed by atoms with van der Waals surface area (Å²) in [7, 11) is -6.36. The molecule has 2 aliphatic heterocycles. The summed E-state index contributed by atoms with van der Waals surface area (Å²) in [5, 5.41) is 15.0. The molecular formula is C115H75N5O2P2. The van der Waals surface area contributed by atoms with Crippen molar-refractivity contribution in [3.05, 3.63) is 453 Å². The van der Waals surface area contributed by atoms with E-state index >= 15 is 9.13 Å². The zero-order valence-corrected chi connectivity index (χ0v) is 69.1. The molecule has 0 N–H and O–H groups in total. The molecule has 0 aliphatic carbocycles. The first-order chi connectivity index (χ1) is 61.2. The predicted molar refractivity (Wildman–Crippen MR) is 519 cm³/mol. The van der Waals surface area contributed by atoms with Gasteiger partial charge in [0.05, 0.1) is 55.5 Å². The number of hydrogen-bond acceptors (Lipinski definition) is 3. The van der Waals surface area contributed by atoms with Crippen LogP contribution in [-0.4, -0.2) is 23.3 Å². The number of benzene rings is 18. The van der Waals surface area contributed by atoms with Crippen molar-refractivity contribution in [2.45, 2.75) is 12.8 Å². The van der Waals surface area contributed by atoms with Crippen LogP contribution in [0, 0.1) is 0 Å². The van der Waals surface area contributed by atoms with Crippen molar-refractivity contribution in [1.29, 1.82) is 0 Å². The van der Waals surface area contributed by atoms with Crippen molar-refractivity contribution in [3.63, 3.8) is 0 Å². The fraction of sp³-hybridized carbons (Fsp3) is 0.0174. The Morgan fingerprint density at radius 3 is 0.839 bits per heavy atom. The standard InChI is InChI=1S/C115H75N5O2P2/c121-123(90-25-3-1-4-26-90)110-41-21-7-23-82(110)69-84-67-80(55-65-112(84)123)74-43-47-76(48-44-74)98-73-99(77-51-57-86(58-52-77)117-106-39-19-13-33-96(106)100-71-88(61-63-108(100)117)119-102-35-15-9-29-92(102)93-30-10-16-36-103(93)119)114(78-49-45-75(46-50-78)81-56-66-113-85(68-81)70-83-24-8-22-42-111(83)124(113,122)91-27-5-2-6-28-91)116-115(98)79-53-59-87(60-54-79)118-107-40-20-14-34-97(107)101-72-89(62-64-109(101)118)120-104-37-17-11-31-94(104)95-32-12-18-38-105(95)120/h1-68,71-73H,69-70H2. The summed E-state index contributed by atoms with van der Waals surface area (Å²) in [5.74, 6) is 0. The van der Waals surface area contributed by atoms with Gasteiger partial charge in [-0.1, -0.05) is 315 Å². The summed E-state index contributed by atoms with van der Waals surface area (Å²) in [5.41, 5.74) is 29.6. The fourth-order valence-corrected chi connectivity index (χ4v) is 26.8. The van der Waals surface area contributed by atoms with Gasteiger partial charge in [-0.3, -0.25) is 0 Å². The topological polar surface area (TPSA) is 66.8 Å². The van der Waals surface area contributed by atoms with Gasteiger partial charge in [0.1, 0.15) is 0 Å². The van der Waals surface area contributed by atoms with Gasteiger partial charge in [0, 0.05) is 120 Å². The first-order valence-corrected chi connectivity index (χ1v) is 45.9. The second-order valence-electron chi connectivity index (χ2n) is 33.1. The van der Waals surface area contributed by atoms with Crippen molar-refractivity contribution in [2.24, 2.45) is 0 Å². The largest absolute Gasteiger partial charge is 0.309 e. The van der Waals surface area contributed by atoms with Crippen LogP contribution in [0.15, 0.2) is 431 Å². The van der Waals surface area contributed by atoms with Crippen LogP contribution in [-0.2, 0) is 22.0 Å². The van der Waals surface area contributed by atoms with E-state index in [1.807, 2.05) is 72.8 Å². The van der Waals surface area contributed by atoms with Crippen molar-refractivity contribution < 1.29 is 9.13 Å². The Bertz CT molecular complexity index is 7860. The minimum absolute atomic E-state index is 0.688. The quantitative estimate of drug-likeness (QED) is 0.115. The summed E-state index contributed by atoms with van der Waals surface area (Å²) < 4.78 is 41.4. The fourth-order valence-electron chi connectivity index (χ4n) is 20.6. The highest BCUT2D eigenvalue weighted by Crippen LogP contribution is 2.52. The van der Waals surface area contributed by atoms with E-state index in [1.165, 1.54) is 65.2 Å². The molecule has 0 amide bonds. The Labute approximate surface area is 716 Å². The number of pyridine rings is 1. The van der Waals surface area contributed by atoms with Gasteiger partial charge in [-0.2, -0.15) is 0 Å². The van der Waals surface area contributed by atoms with Crippen LogP contribution in [0.5, 0.6) is 0 Å². The number of para-hydroxylation sites is 6. The zero-order valence-electron chi connectivity index (χ0n) is 67.4. The first kappa shape index (κ1) is 71.7. The molecule has 2 aliphatic rings. The summed E-state index contributed by atoms with van der Waals surface area (Å²) >= 11 is 0. The van der Waals surface area contributed by atoms with Crippen LogP contribution in [0.25, 0.3) is 177 Å². The normalized spacial score (nSPS) is 14.8. The lowest BCUT2D eigenvalue weighted by atomic mass is 9.90. The van der Waals surface area contributed by atoms with Gasteiger partial charge in [0.15, 0.2) is 14.3 Å². The zero-order chi connectivity index (χ0) is 81.9. The highest BCUT2D eigenvalue weighted by atomic mass is 31.2. The van der Waals surface area contributed by atoms with Gasteiger partial charge in [0.25, 0.3) is 0 Å². The van der Waals surface area contributed by atoms with E-state index in [0.717, 1.165) is 166 Å². The lowest BCUT2D eigenvalue weighted by molar-refractivity contribution is 0.591. The van der Waals surface area contributed by atoms with Gasteiger partial charge >= 0.3 is 0 Å². The van der Waals surface area contributed by atoms with Gasteiger partial charge < -0.3 is 27.4 Å². The van der Waals surface area contributed by atoms with Gasteiger partial charge in [0.2, 0.25) is 0 Å². The molecule has 0 radical (unpaired) electrons. The minimum atomic E-state index is -3.18. The average molecular weight is 1620 g/mol. The summed E-state index contributed by atoms with van der Waals surface area (Å²) in [4.78, 5) is 6.09. The summed E-state index contributed by atoms with van der Waals surface area (Å²) in [6.45, 7) is 0. The van der Waals surface area contributed by atoms with Crippen LogP contribution in [0.3, 0.4) is 0 Å². The Kier molecular flexibility index (Phi) is 16.3. The summed E-state index contributed by atoms with van der Waals surface area (Å²) in [6.07, 6.45) is 1.38. The van der Waals surface area contributed by atoms with Crippen molar-refractivity contribution in [1.82, 2.24) is 23.3 Å². The molecular weight excluding hydrogens is 1550 g/mol. The lowest BCUT2D eigenvalue weighted by Gasteiger charge is -2.29. The molecule has 0 saturated carbocycles. The lowest BCUT2D eigenvalue weighted by Crippen LogP contribution is -2.33. The smallest absolute Gasteiger partial charge is 0.171 e. The molecule has 2 atom stereocenters. The number of hydrogen-bond donors (Lipinski definition) is 0. The molecule has 124 heavy (non-hydrogen) atoms. The van der Waals surface area contributed by atoms with E-state index in [9.17, 15) is 0 Å². The predicted octanol–water partition coefficient (Wildman–Crippen LogP) is 26.6. The van der Waals surface area contributed by atoms with E-state index in [4.69, 9.17) is 4.98 Å². The number of nitrogens with zero attached hydrogens (tertiary/aromatic N) is 5. The highest BCUT2D eigenvalue weighted by molar-refractivity contribution is 7.86. The molecule has 582 valence electrons. The third kappa shape index (κ3) is 11.1. The number of aromatic nitrogens is 5. The molecule has 7 nitrogen and oxygen atoms in total. The molecule has 0 bridgehead atoms. The molecule has 0 saturated heterocycles. The van der Waals surface area contributed by atoms with Gasteiger partial charge in [-0.25, -0.2) is 4.98 Å². The molecule has 18 aromatic carbocycles. The first-order valence-electron chi connectivity index (χ1n) is 42.5. The summed E-state index contributed by atoms with van der Waals surface area (Å²) in [6, 6.07) is 155. The minimum Gasteiger partial charge on any atom is -0.309 e. The Balaban J connectivity index is 0.656. The van der Waals surface area contributed by atoms with E-state index in [1.54, 1.807) is 0 Å². The Morgan fingerprint density at radius 1 is 0.194 bits per heavy atom. The number of rotatable bonds is 12. The second-order valence-corrected chi connectivity index (χ2v) is 38.5. The van der Waals surface area contributed by atoms with Crippen LogP contribution >= 0.6 is 14.3 Å². The maximum atomic E-state index is 15.9. The second kappa shape index (κ2) is 28.2. The highest BCUT2D eigenvalue weighted by Gasteiger charge is 2.39. The van der Waals surface area contributed by atoms with E-state index in [2.05, 4.69) is 376 Å². The monoisotopic (exact) mass is 1620 g/mol. The molecule has 25 rings (SSSR count). The maximum absolute atomic E-state index is 15.9. The van der Waals surface area contributed by atoms with Crippen molar-refractivity contribution >= 4 is 133 Å². The van der Waals surface area contributed by atoms with Crippen LogP contribution < -0.4 is 31.8 Å². The average Bonchev–Trinajstić information content (AvgIpc) is 1.70. The van der Waals surface area contributed by atoms with Gasteiger partial charge in [-0.05, 0) is 184 Å². The maximum Gasteiger partial charge on any atom is 0.171 e. The molecule has 0 fully saturated rings. The molecule has 2 unspecified atom stereocenters. The SMILES string of the molecule is O=P1(c2ccccc2)c2ccccc2Cc2cc(-c3ccc(-c4cc(-c5ccc(-n6c7ccccc7c7cc(-n8c9ccccc9c9ccccc98)ccc76)cc5)c(-c5ccc(-c6ccc7c(c6)Cc6ccccc6P7(=O)c6ccccc6)cc5)nc4-c4ccc(-n5c6ccccc6c6cc(-n7c8ccccc8c8ccccc87)ccc65)cc4)cc3)ccc21. The molecule has 7 heterocycles. The third-order valence-corrected chi connectivity index (χ3v) is 32.9. The Morgan fingerprint density at radius 2 is 0.460 bits per heavy atom. The Hall–Kier alpha value is -15.2. The number of fused-ring (bicyclic) bond motifs is 16. The van der Waals surface area contributed by atoms with Crippen LogP contribution in [0.2, 0.25) is 0 Å². The van der Waals surface area contributed by atoms with Crippen LogP contribution in [0.1, 0.15) is 22.3 Å². The van der Waals surface area contributed by atoms with Crippen LogP contribution in [0.4, 0.5) is 0 Å². The van der Waals surface area contributed by atoms with Crippen molar-refractivity contribution in [3.8, 4) is 89.8 Å². The molecule has 23 aromatic rings. The van der Waals surface area contributed by atoms with E-state index in [-0.39, 0.29) is 0 Å². The molecule has 9 heteroatoms. The third-order valence-electron chi connectivity index (χ3n) is 26.4.